The number of amides is 1. The molecule has 0 fully saturated rings. The largest absolute Gasteiger partial charge is 0.315 e. The summed E-state index contributed by atoms with van der Waals surface area (Å²) in [6, 6.07) is 9.57. The number of hydrogen-bond acceptors (Lipinski definition) is 4. The summed E-state index contributed by atoms with van der Waals surface area (Å²) < 4.78 is 1.79. The van der Waals surface area contributed by atoms with E-state index in [2.05, 4.69) is 10.2 Å². The van der Waals surface area contributed by atoms with Gasteiger partial charge in [0.25, 0.3) is 0 Å². The summed E-state index contributed by atoms with van der Waals surface area (Å²) in [6.45, 7) is 0. The van der Waals surface area contributed by atoms with E-state index in [4.69, 9.17) is 0 Å². The molecule has 0 N–H and O–H groups in total. The van der Waals surface area contributed by atoms with Crippen LogP contribution in [-0.2, 0) is 11.8 Å². The Bertz CT molecular complexity index is 526. The average molecular weight is 262 g/mol. The van der Waals surface area contributed by atoms with Crippen LogP contribution in [0.4, 0.5) is 5.69 Å². The minimum absolute atomic E-state index is 0.0363. The third-order valence-corrected chi connectivity index (χ3v) is 3.53. The van der Waals surface area contributed by atoms with Crippen molar-refractivity contribution in [2.45, 2.75) is 5.16 Å². The Morgan fingerprint density at radius 3 is 2.72 bits per heavy atom. The van der Waals surface area contributed by atoms with E-state index in [0.29, 0.717) is 5.75 Å². The molecule has 0 saturated carbocycles. The van der Waals surface area contributed by atoms with Gasteiger partial charge >= 0.3 is 0 Å². The highest BCUT2D eigenvalue weighted by molar-refractivity contribution is 7.99. The molecule has 0 aliphatic rings. The van der Waals surface area contributed by atoms with Crippen LogP contribution in [0.1, 0.15) is 0 Å². The minimum atomic E-state index is 0.0363. The van der Waals surface area contributed by atoms with Gasteiger partial charge in [-0.15, -0.1) is 10.2 Å². The summed E-state index contributed by atoms with van der Waals surface area (Å²) >= 11 is 1.38. The molecule has 1 aromatic heterocycles. The molecule has 94 valence electrons. The summed E-state index contributed by atoms with van der Waals surface area (Å²) in [4.78, 5) is 13.6. The van der Waals surface area contributed by atoms with Gasteiger partial charge in [0, 0.05) is 19.8 Å². The van der Waals surface area contributed by atoms with E-state index in [0.717, 1.165) is 10.8 Å². The van der Waals surface area contributed by atoms with Crippen LogP contribution in [0.2, 0.25) is 0 Å². The molecule has 18 heavy (non-hydrogen) atoms. The van der Waals surface area contributed by atoms with E-state index in [1.165, 1.54) is 11.8 Å². The summed E-state index contributed by atoms with van der Waals surface area (Å²) in [7, 11) is 3.63. The van der Waals surface area contributed by atoms with Gasteiger partial charge < -0.3 is 9.47 Å². The van der Waals surface area contributed by atoms with Crippen molar-refractivity contribution in [3.8, 4) is 0 Å². The second-order valence-electron chi connectivity index (χ2n) is 3.80. The zero-order valence-corrected chi connectivity index (χ0v) is 11.1. The van der Waals surface area contributed by atoms with E-state index in [9.17, 15) is 4.79 Å². The van der Waals surface area contributed by atoms with Crippen molar-refractivity contribution in [3.63, 3.8) is 0 Å². The molecule has 1 heterocycles. The zero-order valence-electron chi connectivity index (χ0n) is 10.3. The molecule has 0 bridgehead atoms. The minimum Gasteiger partial charge on any atom is -0.315 e. The lowest BCUT2D eigenvalue weighted by Crippen LogP contribution is -2.27. The van der Waals surface area contributed by atoms with Crippen LogP contribution in [0.5, 0.6) is 0 Å². The van der Waals surface area contributed by atoms with Gasteiger partial charge in [-0.3, -0.25) is 4.79 Å². The maximum atomic E-state index is 12.0. The van der Waals surface area contributed by atoms with E-state index in [1.807, 2.05) is 37.4 Å². The molecule has 0 aliphatic carbocycles. The van der Waals surface area contributed by atoms with Gasteiger partial charge in [-0.1, -0.05) is 30.0 Å². The monoisotopic (exact) mass is 262 g/mol. The SMILES string of the molecule is CN(C(=O)CSc1nncn1C)c1ccccc1. The molecule has 0 radical (unpaired) electrons. The number of carbonyl (C=O) groups excluding carboxylic acids is 1. The van der Waals surface area contributed by atoms with Crippen molar-refractivity contribution >= 4 is 23.4 Å². The number of thioether (sulfide) groups is 1. The number of rotatable bonds is 4. The van der Waals surface area contributed by atoms with E-state index < -0.39 is 0 Å². The van der Waals surface area contributed by atoms with Gasteiger partial charge in [-0.05, 0) is 12.1 Å². The Balaban J connectivity index is 1.95. The van der Waals surface area contributed by atoms with E-state index in [1.54, 1.807) is 22.8 Å². The molecule has 0 saturated heterocycles. The van der Waals surface area contributed by atoms with E-state index in [-0.39, 0.29) is 5.91 Å². The lowest BCUT2D eigenvalue weighted by atomic mass is 10.3. The number of aromatic nitrogens is 3. The molecule has 2 rings (SSSR count). The van der Waals surface area contributed by atoms with Gasteiger partial charge in [0.1, 0.15) is 6.33 Å². The second kappa shape index (κ2) is 5.68. The Labute approximate surface area is 110 Å². The Morgan fingerprint density at radius 1 is 1.39 bits per heavy atom. The van der Waals surface area contributed by atoms with Gasteiger partial charge in [0.15, 0.2) is 5.16 Å². The number of anilines is 1. The first-order valence-corrected chi connectivity index (χ1v) is 6.45. The molecule has 0 atom stereocenters. The molecule has 6 heteroatoms. The topological polar surface area (TPSA) is 51.0 Å². The van der Waals surface area contributed by atoms with Gasteiger partial charge in [-0.2, -0.15) is 0 Å². The van der Waals surface area contributed by atoms with Crippen molar-refractivity contribution in [3.05, 3.63) is 36.7 Å². The van der Waals surface area contributed by atoms with Crippen molar-refractivity contribution < 1.29 is 4.79 Å². The van der Waals surface area contributed by atoms with Crippen LogP contribution < -0.4 is 4.90 Å². The average Bonchev–Trinajstić information content (AvgIpc) is 2.81. The molecule has 2 aromatic rings. The smallest absolute Gasteiger partial charge is 0.237 e. The first kappa shape index (κ1) is 12.6. The van der Waals surface area contributed by atoms with Crippen LogP contribution in [0.3, 0.4) is 0 Å². The number of carbonyl (C=O) groups is 1. The molecule has 0 aliphatic heterocycles. The highest BCUT2D eigenvalue weighted by Gasteiger charge is 2.12. The number of benzene rings is 1. The maximum Gasteiger partial charge on any atom is 0.237 e. The van der Waals surface area contributed by atoms with Gasteiger partial charge in [0.05, 0.1) is 5.75 Å². The van der Waals surface area contributed by atoms with Crippen molar-refractivity contribution in [2.24, 2.45) is 7.05 Å². The molecular formula is C12H14N4OS. The normalized spacial score (nSPS) is 10.3. The summed E-state index contributed by atoms with van der Waals surface area (Å²) in [6.07, 6.45) is 1.62. The predicted octanol–water partition coefficient (Wildman–Crippen LogP) is 1.57. The standard InChI is InChI=1S/C12H14N4OS/c1-15-9-13-14-12(15)18-8-11(17)16(2)10-6-4-3-5-7-10/h3-7,9H,8H2,1-2H3. The van der Waals surface area contributed by atoms with Crippen molar-refractivity contribution in [1.29, 1.82) is 0 Å². The number of para-hydroxylation sites is 1. The molecular weight excluding hydrogens is 248 g/mol. The highest BCUT2D eigenvalue weighted by atomic mass is 32.2. The summed E-state index contributed by atoms with van der Waals surface area (Å²) in [5, 5.41) is 8.44. The van der Waals surface area contributed by atoms with Crippen LogP contribution in [0, 0.1) is 0 Å². The fourth-order valence-corrected chi connectivity index (χ4v) is 2.22. The molecule has 1 aromatic carbocycles. The Hall–Kier alpha value is -1.82. The molecule has 0 spiro atoms. The first-order valence-electron chi connectivity index (χ1n) is 5.47. The molecule has 0 unspecified atom stereocenters. The lowest BCUT2D eigenvalue weighted by Gasteiger charge is -2.16. The Kier molecular flexibility index (Phi) is 3.99. The van der Waals surface area contributed by atoms with Crippen molar-refractivity contribution in [2.75, 3.05) is 17.7 Å². The van der Waals surface area contributed by atoms with Crippen LogP contribution in [-0.4, -0.2) is 33.5 Å². The fourth-order valence-electron chi connectivity index (χ4n) is 1.42. The lowest BCUT2D eigenvalue weighted by molar-refractivity contribution is -0.115. The maximum absolute atomic E-state index is 12.0. The van der Waals surface area contributed by atoms with E-state index >= 15 is 0 Å². The van der Waals surface area contributed by atoms with Gasteiger partial charge in [-0.25, -0.2) is 0 Å². The highest BCUT2D eigenvalue weighted by Crippen LogP contribution is 2.17. The number of aryl methyl sites for hydroxylation is 1. The van der Waals surface area contributed by atoms with Crippen LogP contribution in [0.25, 0.3) is 0 Å². The zero-order chi connectivity index (χ0) is 13.0. The molecule has 5 nitrogen and oxygen atoms in total. The summed E-state index contributed by atoms with van der Waals surface area (Å²) in [5.74, 6) is 0.381. The quantitative estimate of drug-likeness (QED) is 0.785. The van der Waals surface area contributed by atoms with Crippen LogP contribution >= 0.6 is 11.8 Å². The number of hydrogen-bond donors (Lipinski definition) is 0. The second-order valence-corrected chi connectivity index (χ2v) is 4.74. The van der Waals surface area contributed by atoms with Crippen molar-refractivity contribution in [1.82, 2.24) is 14.8 Å². The summed E-state index contributed by atoms with van der Waals surface area (Å²) in [5.41, 5.74) is 0.890. The number of nitrogens with zero attached hydrogens (tertiary/aromatic N) is 4. The third-order valence-electron chi connectivity index (χ3n) is 2.51. The third kappa shape index (κ3) is 2.89. The first-order chi connectivity index (χ1) is 8.68. The Morgan fingerprint density at radius 2 is 2.11 bits per heavy atom. The fraction of sp³-hybridized carbons (Fsp3) is 0.250. The predicted molar refractivity (Wildman–Crippen MR) is 71.6 cm³/mol. The molecule has 1 amide bonds. The van der Waals surface area contributed by atoms with Crippen LogP contribution in [0.15, 0.2) is 41.8 Å². The van der Waals surface area contributed by atoms with Gasteiger partial charge in [0.2, 0.25) is 5.91 Å².